The molecular weight excluding hydrogens is 220 g/mol. The first-order valence-electron chi connectivity index (χ1n) is 6.10. The lowest BCUT2D eigenvalue weighted by atomic mass is 9.75. The van der Waals surface area contributed by atoms with Crippen LogP contribution in [0.3, 0.4) is 0 Å². The third-order valence-electron chi connectivity index (χ3n) is 3.46. The van der Waals surface area contributed by atoms with Gasteiger partial charge in [-0.2, -0.15) is 0 Å². The van der Waals surface area contributed by atoms with Gasteiger partial charge in [0.2, 0.25) is 0 Å². The van der Waals surface area contributed by atoms with Crippen molar-refractivity contribution in [3.05, 3.63) is 0 Å². The van der Waals surface area contributed by atoms with Crippen LogP contribution in [0, 0.1) is 10.8 Å². The number of carboxylic acid groups (broad SMARTS) is 2. The maximum Gasteiger partial charge on any atom is 0.309 e. The van der Waals surface area contributed by atoms with Crippen LogP contribution in [-0.2, 0) is 9.59 Å². The molecule has 4 heteroatoms. The summed E-state index contributed by atoms with van der Waals surface area (Å²) in [5.74, 6) is -1.97. The average molecular weight is 243 g/mol. The van der Waals surface area contributed by atoms with Crippen molar-refractivity contribution in [2.75, 3.05) is 0 Å². The maximum atomic E-state index is 11.2. The van der Waals surface area contributed by atoms with E-state index in [0.717, 1.165) is 12.8 Å². The summed E-state index contributed by atoms with van der Waals surface area (Å²) in [5, 5.41) is 20.1. The van der Waals surface area contributed by atoms with Crippen LogP contribution in [0.15, 0.2) is 0 Å². The molecule has 0 aromatic carbocycles. The van der Waals surface area contributed by atoms with E-state index in [2.05, 4.69) is 0 Å². The van der Waals surface area contributed by atoms with Crippen molar-refractivity contribution in [3.8, 4) is 0 Å². The first-order chi connectivity index (χ1) is 7.65. The van der Waals surface area contributed by atoms with E-state index in [1.807, 2.05) is 6.92 Å². The fourth-order valence-corrected chi connectivity index (χ4v) is 1.59. The van der Waals surface area contributed by atoms with E-state index in [9.17, 15) is 14.7 Å². The molecule has 100 valence electrons. The molecular formula is C13H23O4-. The number of carbonyl (C=O) groups is 2. The Bertz CT molecular complexity index is 283. The lowest BCUT2D eigenvalue weighted by molar-refractivity contribution is -0.319. The molecule has 0 heterocycles. The molecule has 0 bridgehead atoms. The second kappa shape index (κ2) is 6.03. The molecule has 0 aliphatic heterocycles. The van der Waals surface area contributed by atoms with Gasteiger partial charge in [-0.1, -0.05) is 26.7 Å². The average Bonchev–Trinajstić information content (AvgIpc) is 2.23. The highest BCUT2D eigenvalue weighted by atomic mass is 16.4. The van der Waals surface area contributed by atoms with Crippen LogP contribution in [0.25, 0.3) is 0 Å². The van der Waals surface area contributed by atoms with Gasteiger partial charge in [0.1, 0.15) is 0 Å². The lowest BCUT2D eigenvalue weighted by Gasteiger charge is -2.33. The van der Waals surface area contributed by atoms with Crippen molar-refractivity contribution < 1.29 is 19.8 Å². The van der Waals surface area contributed by atoms with Crippen LogP contribution in [0.1, 0.15) is 59.8 Å². The maximum absolute atomic E-state index is 11.2. The summed E-state index contributed by atoms with van der Waals surface area (Å²) in [5.41, 5.74) is -1.80. The Morgan fingerprint density at radius 3 is 2.00 bits per heavy atom. The zero-order valence-corrected chi connectivity index (χ0v) is 11.2. The molecule has 0 aliphatic rings. The Labute approximate surface area is 103 Å². The topological polar surface area (TPSA) is 77.4 Å². The third-order valence-corrected chi connectivity index (χ3v) is 3.46. The number of hydrogen-bond donors (Lipinski definition) is 1. The zero-order valence-electron chi connectivity index (χ0n) is 11.2. The van der Waals surface area contributed by atoms with Gasteiger partial charge >= 0.3 is 5.97 Å². The van der Waals surface area contributed by atoms with Gasteiger partial charge in [-0.05, 0) is 33.1 Å². The normalized spacial score (nSPS) is 15.3. The van der Waals surface area contributed by atoms with E-state index in [4.69, 9.17) is 5.11 Å². The quantitative estimate of drug-likeness (QED) is 0.705. The van der Waals surface area contributed by atoms with E-state index in [-0.39, 0.29) is 0 Å². The zero-order chi connectivity index (χ0) is 13.7. The summed E-state index contributed by atoms with van der Waals surface area (Å²) in [7, 11) is 0. The van der Waals surface area contributed by atoms with Gasteiger partial charge in [-0.3, -0.25) is 4.79 Å². The van der Waals surface area contributed by atoms with E-state index in [1.54, 1.807) is 20.8 Å². The van der Waals surface area contributed by atoms with Gasteiger partial charge in [0.15, 0.2) is 0 Å². The molecule has 0 radical (unpaired) electrons. The minimum absolute atomic E-state index is 0.342. The summed E-state index contributed by atoms with van der Waals surface area (Å²) >= 11 is 0. The van der Waals surface area contributed by atoms with E-state index in [1.165, 1.54) is 0 Å². The Kier molecular flexibility index (Phi) is 5.66. The minimum Gasteiger partial charge on any atom is -0.550 e. The summed E-state index contributed by atoms with van der Waals surface area (Å²) in [6.07, 6.45) is 2.97. The van der Waals surface area contributed by atoms with Crippen LogP contribution in [0.2, 0.25) is 0 Å². The van der Waals surface area contributed by atoms with Gasteiger partial charge < -0.3 is 15.0 Å². The minimum atomic E-state index is -1.08. The van der Waals surface area contributed by atoms with Gasteiger partial charge in [-0.15, -0.1) is 0 Å². The monoisotopic (exact) mass is 243 g/mol. The molecule has 0 aromatic heterocycles. The Hall–Kier alpha value is -1.06. The molecule has 1 N–H and O–H groups in total. The summed E-state index contributed by atoms with van der Waals surface area (Å²) in [6.45, 7) is 6.88. The van der Waals surface area contributed by atoms with Gasteiger partial charge in [0.05, 0.1) is 5.41 Å². The van der Waals surface area contributed by atoms with Crippen LogP contribution >= 0.6 is 0 Å². The molecule has 0 saturated heterocycles. The Balaban J connectivity index is 4.57. The molecule has 0 amide bonds. The van der Waals surface area contributed by atoms with Crippen molar-refractivity contribution in [1.29, 1.82) is 0 Å². The molecule has 1 atom stereocenters. The molecule has 1 unspecified atom stereocenters. The first kappa shape index (κ1) is 15.9. The molecule has 4 nitrogen and oxygen atoms in total. The number of unbranched alkanes of at least 4 members (excludes halogenated alkanes) is 1. The predicted molar refractivity (Wildman–Crippen MR) is 63.3 cm³/mol. The SMILES string of the molecule is CCCCC(C)(CCC(C)(C)C(=O)O)C(=O)[O-]. The van der Waals surface area contributed by atoms with Crippen LogP contribution in [0.4, 0.5) is 0 Å². The summed E-state index contributed by atoms with van der Waals surface area (Å²) < 4.78 is 0. The predicted octanol–water partition coefficient (Wildman–Crippen LogP) is 1.82. The first-order valence-corrected chi connectivity index (χ1v) is 6.10. The van der Waals surface area contributed by atoms with Crippen LogP contribution in [0.5, 0.6) is 0 Å². The van der Waals surface area contributed by atoms with E-state index >= 15 is 0 Å². The highest BCUT2D eigenvalue weighted by Gasteiger charge is 2.32. The van der Waals surface area contributed by atoms with Crippen molar-refractivity contribution in [2.45, 2.75) is 59.8 Å². The smallest absolute Gasteiger partial charge is 0.309 e. The second-order valence-corrected chi connectivity index (χ2v) is 5.64. The molecule has 0 aromatic rings. The van der Waals surface area contributed by atoms with Crippen molar-refractivity contribution in [1.82, 2.24) is 0 Å². The Morgan fingerprint density at radius 2 is 1.65 bits per heavy atom. The highest BCUT2D eigenvalue weighted by Crippen LogP contribution is 2.34. The largest absolute Gasteiger partial charge is 0.550 e. The number of hydrogen-bond acceptors (Lipinski definition) is 3. The Morgan fingerprint density at radius 1 is 1.12 bits per heavy atom. The number of carbonyl (C=O) groups excluding carboxylic acids is 1. The molecule has 0 aliphatic carbocycles. The van der Waals surface area contributed by atoms with Crippen LogP contribution in [-0.4, -0.2) is 17.0 Å². The summed E-state index contributed by atoms with van der Waals surface area (Å²) in [4.78, 5) is 22.1. The standard InChI is InChI=1S/C13H24O4/c1-5-6-7-13(4,11(16)17)9-8-12(2,3)10(14)15/h5-9H2,1-4H3,(H,14,15)(H,16,17)/p-1. The number of rotatable bonds is 8. The number of carboxylic acids is 2. The van der Waals surface area contributed by atoms with Gasteiger partial charge in [-0.25, -0.2) is 0 Å². The molecule has 0 fully saturated rings. The van der Waals surface area contributed by atoms with E-state index < -0.39 is 22.8 Å². The molecule has 0 spiro atoms. The van der Waals surface area contributed by atoms with Crippen LogP contribution < -0.4 is 5.11 Å². The lowest BCUT2D eigenvalue weighted by Crippen LogP contribution is -2.41. The van der Waals surface area contributed by atoms with Crippen molar-refractivity contribution in [2.24, 2.45) is 10.8 Å². The van der Waals surface area contributed by atoms with Gasteiger partial charge in [0, 0.05) is 11.4 Å². The third kappa shape index (κ3) is 4.75. The molecule has 0 rings (SSSR count). The molecule has 0 saturated carbocycles. The van der Waals surface area contributed by atoms with Crippen molar-refractivity contribution in [3.63, 3.8) is 0 Å². The fourth-order valence-electron chi connectivity index (χ4n) is 1.59. The highest BCUT2D eigenvalue weighted by molar-refractivity contribution is 5.74. The van der Waals surface area contributed by atoms with E-state index in [0.29, 0.717) is 19.3 Å². The summed E-state index contributed by atoms with van der Waals surface area (Å²) in [6, 6.07) is 0. The molecule has 17 heavy (non-hydrogen) atoms. The van der Waals surface area contributed by atoms with Gasteiger partial charge in [0.25, 0.3) is 0 Å². The second-order valence-electron chi connectivity index (χ2n) is 5.64. The number of aliphatic carboxylic acids is 2. The fraction of sp³-hybridized carbons (Fsp3) is 0.846. The van der Waals surface area contributed by atoms with Crippen molar-refractivity contribution >= 4 is 11.9 Å².